The molecule has 150 valence electrons. The number of primary amides is 1. The van der Waals surface area contributed by atoms with Gasteiger partial charge in [0.05, 0.1) is 16.5 Å². The van der Waals surface area contributed by atoms with Crippen molar-refractivity contribution in [3.63, 3.8) is 0 Å². The summed E-state index contributed by atoms with van der Waals surface area (Å²) in [5.74, 6) is -2.12. The molecule has 3 aromatic rings. The number of hydrogen-bond donors (Lipinski definition) is 1. The number of rotatable bonds is 8. The highest BCUT2D eigenvalue weighted by atomic mass is 16.6. The highest BCUT2D eigenvalue weighted by molar-refractivity contribution is 5.83. The van der Waals surface area contributed by atoms with Gasteiger partial charge in [-0.1, -0.05) is 30.3 Å². The second-order valence-corrected chi connectivity index (χ2v) is 6.22. The van der Waals surface area contributed by atoms with Crippen LogP contribution in [0.3, 0.4) is 0 Å². The van der Waals surface area contributed by atoms with Gasteiger partial charge in [0.15, 0.2) is 5.58 Å². The Kier molecular flexibility index (Phi) is 5.72. The van der Waals surface area contributed by atoms with Crippen LogP contribution in [0, 0.1) is 10.1 Å². The summed E-state index contributed by atoms with van der Waals surface area (Å²) in [4.78, 5) is 45.9. The molecule has 0 bridgehead atoms. The Bertz CT molecular complexity index is 1120. The minimum Gasteiger partial charge on any atom is -0.447 e. The van der Waals surface area contributed by atoms with E-state index in [4.69, 9.17) is 14.9 Å². The molecule has 10 nitrogen and oxygen atoms in total. The number of carbonyl (C=O) groups excluding carboxylic acids is 2. The Balaban J connectivity index is 1.64. The van der Waals surface area contributed by atoms with Crippen molar-refractivity contribution in [1.82, 2.24) is 4.57 Å². The zero-order valence-corrected chi connectivity index (χ0v) is 15.1. The molecule has 0 aliphatic carbocycles. The molecule has 29 heavy (non-hydrogen) atoms. The van der Waals surface area contributed by atoms with Crippen molar-refractivity contribution in [3.05, 3.63) is 74.8 Å². The van der Waals surface area contributed by atoms with Gasteiger partial charge in [-0.3, -0.25) is 24.3 Å². The number of fused-ring (bicyclic) bond motifs is 1. The van der Waals surface area contributed by atoms with Gasteiger partial charge in [-0.15, -0.1) is 0 Å². The van der Waals surface area contributed by atoms with Gasteiger partial charge in [-0.2, -0.15) is 0 Å². The van der Waals surface area contributed by atoms with Crippen LogP contribution in [-0.2, 0) is 20.9 Å². The van der Waals surface area contributed by atoms with Gasteiger partial charge in [0.25, 0.3) is 11.6 Å². The van der Waals surface area contributed by atoms with Crippen molar-refractivity contribution in [3.8, 4) is 0 Å². The highest BCUT2D eigenvalue weighted by Gasteiger charge is 2.22. The number of oxazole rings is 1. The maximum atomic E-state index is 12.1. The molecule has 0 radical (unpaired) electrons. The van der Waals surface area contributed by atoms with Crippen LogP contribution >= 0.6 is 0 Å². The number of nitro groups is 1. The van der Waals surface area contributed by atoms with Gasteiger partial charge in [0.1, 0.15) is 0 Å². The third kappa shape index (κ3) is 4.49. The fourth-order valence-corrected chi connectivity index (χ4v) is 2.87. The molecule has 1 atom stereocenters. The average Bonchev–Trinajstić information content (AvgIpc) is 3.01. The quantitative estimate of drug-likeness (QED) is 0.346. The van der Waals surface area contributed by atoms with E-state index in [1.54, 1.807) is 30.3 Å². The fraction of sp³-hybridized carbons (Fsp3) is 0.211. The first-order valence-electron chi connectivity index (χ1n) is 8.68. The standard InChI is InChI=1S/C19H17N3O7/c20-18(24)17(12-5-2-1-3-6-12)29-16(23)7-4-10-21-14-9-8-13(22(26)27)11-15(14)28-19(21)25/h1-3,5-6,8-9,11,17H,4,7,10H2,(H2,20,24). The summed E-state index contributed by atoms with van der Waals surface area (Å²) in [6, 6.07) is 12.2. The summed E-state index contributed by atoms with van der Waals surface area (Å²) in [6.45, 7) is 0.130. The number of benzene rings is 2. The Labute approximate surface area is 163 Å². The molecule has 3 rings (SSSR count). The van der Waals surface area contributed by atoms with Crippen molar-refractivity contribution >= 4 is 28.7 Å². The largest absolute Gasteiger partial charge is 0.447 e. The lowest BCUT2D eigenvalue weighted by Crippen LogP contribution is -2.26. The first-order chi connectivity index (χ1) is 13.9. The van der Waals surface area contributed by atoms with Crippen LogP contribution in [-0.4, -0.2) is 21.4 Å². The molecule has 1 amide bonds. The Morgan fingerprint density at radius 3 is 2.59 bits per heavy atom. The van der Waals surface area contributed by atoms with Crippen molar-refractivity contribution in [2.75, 3.05) is 0 Å². The van der Waals surface area contributed by atoms with E-state index in [0.29, 0.717) is 11.1 Å². The number of esters is 1. The average molecular weight is 399 g/mol. The van der Waals surface area contributed by atoms with Crippen LogP contribution in [0.15, 0.2) is 57.7 Å². The van der Waals surface area contributed by atoms with Crippen LogP contribution in [0.2, 0.25) is 0 Å². The van der Waals surface area contributed by atoms with Gasteiger partial charge in [-0.25, -0.2) is 4.79 Å². The number of non-ortho nitro benzene ring substituents is 1. The molecule has 0 saturated carbocycles. The SMILES string of the molecule is NC(=O)C(OC(=O)CCCn1c(=O)oc2cc([N+](=O)[O-])ccc21)c1ccccc1. The van der Waals surface area contributed by atoms with Gasteiger partial charge in [0, 0.05) is 24.6 Å². The summed E-state index contributed by atoms with van der Waals surface area (Å²) in [6.07, 6.45) is -1.03. The summed E-state index contributed by atoms with van der Waals surface area (Å²) < 4.78 is 11.5. The first kappa shape index (κ1) is 19.8. The minimum atomic E-state index is -1.19. The molecule has 1 heterocycles. The van der Waals surface area contributed by atoms with Crippen LogP contribution in [0.4, 0.5) is 5.69 Å². The molecule has 0 aliphatic heterocycles. The molecule has 1 aromatic heterocycles. The fourth-order valence-electron chi connectivity index (χ4n) is 2.87. The lowest BCUT2D eigenvalue weighted by Gasteiger charge is -2.15. The lowest BCUT2D eigenvalue weighted by molar-refractivity contribution is -0.384. The topological polar surface area (TPSA) is 148 Å². The van der Waals surface area contributed by atoms with E-state index in [0.717, 1.165) is 0 Å². The van der Waals surface area contributed by atoms with E-state index in [1.807, 2.05) is 0 Å². The lowest BCUT2D eigenvalue weighted by atomic mass is 10.1. The molecule has 0 fully saturated rings. The molecule has 0 spiro atoms. The smallest absolute Gasteiger partial charge is 0.419 e. The monoisotopic (exact) mass is 399 g/mol. The number of amides is 1. The summed E-state index contributed by atoms with van der Waals surface area (Å²) in [5.41, 5.74) is 6.06. The van der Waals surface area contributed by atoms with Crippen molar-refractivity contribution in [2.45, 2.75) is 25.5 Å². The van der Waals surface area contributed by atoms with Gasteiger partial charge in [0.2, 0.25) is 6.10 Å². The number of nitrogens with two attached hydrogens (primary N) is 1. The van der Waals surface area contributed by atoms with Crippen LogP contribution in [0.25, 0.3) is 11.1 Å². The summed E-state index contributed by atoms with van der Waals surface area (Å²) in [5, 5.41) is 10.8. The number of ether oxygens (including phenoxy) is 1. The summed E-state index contributed by atoms with van der Waals surface area (Å²) >= 11 is 0. The van der Waals surface area contributed by atoms with E-state index >= 15 is 0 Å². The number of carbonyl (C=O) groups is 2. The Morgan fingerprint density at radius 1 is 1.21 bits per heavy atom. The number of aromatic nitrogens is 1. The second kappa shape index (κ2) is 8.38. The molecule has 0 aliphatic rings. The van der Waals surface area contributed by atoms with E-state index < -0.39 is 28.7 Å². The maximum Gasteiger partial charge on any atom is 0.419 e. The maximum absolute atomic E-state index is 12.1. The third-order valence-corrected chi connectivity index (χ3v) is 4.24. The number of nitrogens with zero attached hydrogens (tertiary/aromatic N) is 2. The number of aryl methyl sites for hydroxylation is 1. The van der Waals surface area contributed by atoms with Crippen molar-refractivity contribution in [2.24, 2.45) is 5.73 Å². The number of nitro benzene ring substituents is 1. The predicted molar refractivity (Wildman–Crippen MR) is 101 cm³/mol. The molecule has 2 aromatic carbocycles. The van der Waals surface area contributed by atoms with E-state index in [9.17, 15) is 24.5 Å². The van der Waals surface area contributed by atoms with Crippen LogP contribution in [0.1, 0.15) is 24.5 Å². The Hall–Kier alpha value is -3.95. The zero-order valence-electron chi connectivity index (χ0n) is 15.1. The molecular weight excluding hydrogens is 382 g/mol. The van der Waals surface area contributed by atoms with Gasteiger partial charge >= 0.3 is 11.7 Å². The first-order valence-corrected chi connectivity index (χ1v) is 8.68. The molecule has 0 saturated heterocycles. The van der Waals surface area contributed by atoms with E-state index in [-0.39, 0.29) is 30.7 Å². The summed E-state index contributed by atoms with van der Waals surface area (Å²) in [7, 11) is 0. The zero-order chi connectivity index (χ0) is 21.0. The molecule has 2 N–H and O–H groups in total. The van der Waals surface area contributed by atoms with Crippen molar-refractivity contribution in [1.29, 1.82) is 0 Å². The van der Waals surface area contributed by atoms with E-state index in [1.165, 1.54) is 22.8 Å². The van der Waals surface area contributed by atoms with Gasteiger partial charge in [-0.05, 0) is 12.5 Å². The molecule has 10 heteroatoms. The second-order valence-electron chi connectivity index (χ2n) is 6.22. The predicted octanol–water partition coefficient (Wildman–Crippen LogP) is 2.05. The highest BCUT2D eigenvalue weighted by Crippen LogP contribution is 2.21. The molecular formula is C19H17N3O7. The third-order valence-electron chi connectivity index (χ3n) is 4.24. The molecule has 1 unspecified atom stereocenters. The van der Waals surface area contributed by atoms with Crippen molar-refractivity contribution < 1.29 is 23.7 Å². The number of hydrogen-bond acceptors (Lipinski definition) is 7. The Morgan fingerprint density at radius 2 is 1.93 bits per heavy atom. The van der Waals surface area contributed by atoms with Crippen LogP contribution in [0.5, 0.6) is 0 Å². The minimum absolute atomic E-state index is 0.0668. The normalized spacial score (nSPS) is 11.9. The van der Waals surface area contributed by atoms with E-state index in [2.05, 4.69) is 0 Å². The van der Waals surface area contributed by atoms with Gasteiger partial charge < -0.3 is 14.9 Å². The van der Waals surface area contributed by atoms with Crippen LogP contribution < -0.4 is 11.5 Å².